The number of hydrogen-bond donors (Lipinski definition) is 2. The van der Waals surface area contributed by atoms with Crippen LogP contribution in [0.5, 0.6) is 0 Å². The Bertz CT molecular complexity index is 479. The van der Waals surface area contributed by atoms with E-state index in [0.717, 1.165) is 6.54 Å². The van der Waals surface area contributed by atoms with E-state index in [4.69, 9.17) is 11.6 Å². The Kier molecular flexibility index (Phi) is 5.72. The van der Waals surface area contributed by atoms with Gasteiger partial charge in [0.15, 0.2) is 0 Å². The van der Waals surface area contributed by atoms with E-state index in [2.05, 4.69) is 26.0 Å². The molecule has 4 nitrogen and oxygen atoms in total. The van der Waals surface area contributed by atoms with Gasteiger partial charge < -0.3 is 5.32 Å². The van der Waals surface area contributed by atoms with Crippen molar-refractivity contribution >= 4 is 43.2 Å². The number of nitrogens with one attached hydrogen (secondary N) is 2. The highest BCUT2D eigenvalue weighted by atomic mass is 79.9. The van der Waals surface area contributed by atoms with Crippen LogP contribution in [0.1, 0.15) is 6.92 Å². The van der Waals surface area contributed by atoms with Gasteiger partial charge in [-0.1, -0.05) is 24.6 Å². The molecule has 1 aromatic carbocycles. The summed E-state index contributed by atoms with van der Waals surface area (Å²) < 4.78 is 26.5. The first-order valence-electron chi connectivity index (χ1n) is 5.11. The van der Waals surface area contributed by atoms with Crippen molar-refractivity contribution in [3.63, 3.8) is 0 Å². The quantitative estimate of drug-likeness (QED) is 0.781. The van der Waals surface area contributed by atoms with Gasteiger partial charge >= 0.3 is 0 Å². The molecule has 0 saturated heterocycles. The predicted octanol–water partition coefficient (Wildman–Crippen LogP) is 2.45. The first-order valence-corrected chi connectivity index (χ1v) is 7.94. The van der Waals surface area contributed by atoms with Crippen LogP contribution < -0.4 is 10.0 Å². The van der Waals surface area contributed by atoms with Gasteiger partial charge in [-0.05, 0) is 34.6 Å². The Hall–Kier alpha value is -0.300. The zero-order valence-electron chi connectivity index (χ0n) is 9.33. The van der Waals surface area contributed by atoms with Gasteiger partial charge in [0.05, 0.1) is 20.9 Å². The van der Waals surface area contributed by atoms with Crippen LogP contribution >= 0.6 is 27.5 Å². The van der Waals surface area contributed by atoms with Crippen LogP contribution in [0.4, 0.5) is 5.69 Å². The van der Waals surface area contributed by atoms with Crippen LogP contribution in [0.25, 0.3) is 0 Å². The lowest BCUT2D eigenvalue weighted by Gasteiger charge is -2.10. The Morgan fingerprint density at radius 3 is 2.76 bits per heavy atom. The van der Waals surface area contributed by atoms with E-state index < -0.39 is 10.0 Å². The number of rotatable bonds is 6. The molecular formula is C10H14BrClN2O2S. The average Bonchev–Trinajstić information content (AvgIpc) is 2.25. The summed E-state index contributed by atoms with van der Waals surface area (Å²) >= 11 is 9.12. The molecule has 0 aromatic heterocycles. The van der Waals surface area contributed by atoms with Crippen molar-refractivity contribution in [1.82, 2.24) is 5.32 Å². The molecule has 0 bridgehead atoms. The fourth-order valence-electron chi connectivity index (χ4n) is 1.18. The molecule has 0 amide bonds. The molecule has 0 saturated carbocycles. The van der Waals surface area contributed by atoms with E-state index in [-0.39, 0.29) is 5.75 Å². The van der Waals surface area contributed by atoms with Gasteiger partial charge in [0.2, 0.25) is 10.0 Å². The Morgan fingerprint density at radius 1 is 1.41 bits per heavy atom. The van der Waals surface area contributed by atoms with Crippen LogP contribution in [0.2, 0.25) is 5.02 Å². The van der Waals surface area contributed by atoms with Gasteiger partial charge in [-0.3, -0.25) is 4.72 Å². The monoisotopic (exact) mass is 340 g/mol. The molecule has 0 aliphatic rings. The highest BCUT2D eigenvalue weighted by molar-refractivity contribution is 9.10. The second-order valence-corrected chi connectivity index (χ2v) is 6.42. The van der Waals surface area contributed by atoms with Gasteiger partial charge in [-0.25, -0.2) is 8.42 Å². The number of sulfonamides is 1. The molecule has 0 spiro atoms. The zero-order valence-corrected chi connectivity index (χ0v) is 12.5. The maximum atomic E-state index is 11.7. The average molecular weight is 342 g/mol. The first-order chi connectivity index (χ1) is 7.96. The second kappa shape index (κ2) is 6.58. The molecular weight excluding hydrogens is 328 g/mol. The Balaban J connectivity index is 2.73. The van der Waals surface area contributed by atoms with Crippen molar-refractivity contribution in [2.24, 2.45) is 0 Å². The summed E-state index contributed by atoms with van der Waals surface area (Å²) in [4.78, 5) is 0. The van der Waals surface area contributed by atoms with Gasteiger partial charge in [0.1, 0.15) is 0 Å². The van der Waals surface area contributed by atoms with E-state index in [0.29, 0.717) is 21.7 Å². The molecule has 17 heavy (non-hydrogen) atoms. The lowest BCUT2D eigenvalue weighted by molar-refractivity contribution is 0.597. The summed E-state index contributed by atoms with van der Waals surface area (Å²) in [5.74, 6) is 0.0276. The minimum atomic E-state index is -3.35. The largest absolute Gasteiger partial charge is 0.316 e. The highest BCUT2D eigenvalue weighted by Gasteiger charge is 2.12. The van der Waals surface area contributed by atoms with Crippen LogP contribution in [0.15, 0.2) is 22.7 Å². The fourth-order valence-corrected chi connectivity index (χ4v) is 2.87. The molecule has 0 atom stereocenters. The van der Waals surface area contributed by atoms with E-state index >= 15 is 0 Å². The molecule has 7 heteroatoms. The standard InChI is InChI=1S/C10H14BrClN2O2S/c1-2-13-6-7-17(15,16)14-9-5-3-4-8(12)10(9)11/h3-5,13-14H,2,6-7H2,1H3. The minimum absolute atomic E-state index is 0.0276. The maximum absolute atomic E-state index is 11.7. The fraction of sp³-hybridized carbons (Fsp3) is 0.400. The van der Waals surface area contributed by atoms with Crippen molar-refractivity contribution in [2.45, 2.75) is 6.92 Å². The maximum Gasteiger partial charge on any atom is 0.234 e. The molecule has 0 unspecified atom stereocenters. The minimum Gasteiger partial charge on any atom is -0.316 e. The Morgan fingerprint density at radius 2 is 2.12 bits per heavy atom. The normalized spacial score (nSPS) is 11.5. The van der Waals surface area contributed by atoms with E-state index in [1.807, 2.05) is 6.92 Å². The van der Waals surface area contributed by atoms with Crippen molar-refractivity contribution in [2.75, 3.05) is 23.6 Å². The summed E-state index contributed by atoms with van der Waals surface area (Å²) in [6.45, 7) is 3.09. The van der Waals surface area contributed by atoms with Crippen LogP contribution in [0, 0.1) is 0 Å². The zero-order chi connectivity index (χ0) is 12.9. The molecule has 0 radical (unpaired) electrons. The molecule has 2 N–H and O–H groups in total. The molecule has 0 fully saturated rings. The second-order valence-electron chi connectivity index (χ2n) is 3.38. The molecule has 0 heterocycles. The highest BCUT2D eigenvalue weighted by Crippen LogP contribution is 2.30. The lowest BCUT2D eigenvalue weighted by Crippen LogP contribution is -2.26. The van der Waals surface area contributed by atoms with Crippen LogP contribution in [0.3, 0.4) is 0 Å². The Labute approximate surface area is 115 Å². The van der Waals surface area contributed by atoms with Gasteiger partial charge in [0.25, 0.3) is 0 Å². The lowest BCUT2D eigenvalue weighted by atomic mass is 10.3. The third-order valence-corrected chi connectivity index (χ3v) is 4.68. The van der Waals surface area contributed by atoms with Gasteiger partial charge in [-0.2, -0.15) is 0 Å². The third kappa shape index (κ3) is 4.83. The summed E-state index contributed by atoms with van der Waals surface area (Å²) in [7, 11) is -3.35. The topological polar surface area (TPSA) is 58.2 Å². The van der Waals surface area contributed by atoms with Crippen molar-refractivity contribution in [3.8, 4) is 0 Å². The molecule has 0 aliphatic heterocycles. The molecule has 1 aromatic rings. The number of hydrogen-bond acceptors (Lipinski definition) is 3. The summed E-state index contributed by atoms with van der Waals surface area (Å²) in [5.41, 5.74) is 0.453. The number of benzene rings is 1. The summed E-state index contributed by atoms with van der Waals surface area (Å²) in [5, 5.41) is 3.43. The number of anilines is 1. The van der Waals surface area contributed by atoms with Crippen LogP contribution in [-0.2, 0) is 10.0 Å². The van der Waals surface area contributed by atoms with Crippen LogP contribution in [-0.4, -0.2) is 27.3 Å². The van der Waals surface area contributed by atoms with Gasteiger partial charge in [0, 0.05) is 6.54 Å². The first kappa shape index (κ1) is 14.8. The summed E-state index contributed by atoms with van der Waals surface area (Å²) in [6.07, 6.45) is 0. The van der Waals surface area contributed by atoms with Crippen molar-refractivity contribution in [1.29, 1.82) is 0 Å². The molecule has 0 aliphatic carbocycles. The SMILES string of the molecule is CCNCCS(=O)(=O)Nc1cccc(Cl)c1Br. The summed E-state index contributed by atoms with van der Waals surface area (Å²) in [6, 6.07) is 5.03. The molecule has 96 valence electrons. The predicted molar refractivity (Wildman–Crippen MR) is 75.1 cm³/mol. The van der Waals surface area contributed by atoms with Crippen molar-refractivity contribution in [3.05, 3.63) is 27.7 Å². The van der Waals surface area contributed by atoms with E-state index in [1.165, 1.54) is 0 Å². The third-order valence-electron chi connectivity index (χ3n) is 2.01. The van der Waals surface area contributed by atoms with Gasteiger partial charge in [-0.15, -0.1) is 0 Å². The van der Waals surface area contributed by atoms with E-state index in [9.17, 15) is 8.42 Å². The number of halogens is 2. The smallest absolute Gasteiger partial charge is 0.234 e. The van der Waals surface area contributed by atoms with E-state index in [1.54, 1.807) is 18.2 Å². The van der Waals surface area contributed by atoms with Crippen molar-refractivity contribution < 1.29 is 8.42 Å². The molecule has 1 rings (SSSR count).